The molecule has 0 bridgehead atoms. The van der Waals surface area contributed by atoms with Gasteiger partial charge in [-0.15, -0.1) is 0 Å². The summed E-state index contributed by atoms with van der Waals surface area (Å²) in [6.07, 6.45) is 7.49. The summed E-state index contributed by atoms with van der Waals surface area (Å²) in [6, 6.07) is 0. The highest BCUT2D eigenvalue weighted by Crippen LogP contribution is 2.71. The Hall–Kier alpha value is -1.49. The van der Waals surface area contributed by atoms with Gasteiger partial charge in [0.25, 0.3) is 0 Å². The van der Waals surface area contributed by atoms with E-state index in [4.69, 9.17) is 4.74 Å². The fourth-order valence-electron chi connectivity index (χ4n) is 10.2. The molecule has 0 unspecified atom stereocenters. The van der Waals surface area contributed by atoms with E-state index in [2.05, 4.69) is 33.8 Å². The predicted molar refractivity (Wildman–Crippen MR) is 134 cm³/mol. The average molecular weight is 485 g/mol. The van der Waals surface area contributed by atoms with Gasteiger partial charge >= 0.3 is 5.97 Å². The molecule has 0 saturated heterocycles. The van der Waals surface area contributed by atoms with E-state index in [1.807, 2.05) is 21.0 Å². The topological polar surface area (TPSA) is 80.7 Å². The minimum Gasteiger partial charge on any atom is -0.481 e. The van der Waals surface area contributed by atoms with Crippen LogP contribution in [0.4, 0.5) is 0 Å². The Kier molecular flexibility index (Phi) is 5.58. The number of hydrogen-bond acceptors (Lipinski definition) is 4. The lowest BCUT2D eigenvalue weighted by Gasteiger charge is -2.67. The Morgan fingerprint density at radius 1 is 1.03 bits per heavy atom. The number of ketones is 2. The molecule has 5 heteroatoms. The molecule has 0 aromatic carbocycles. The molecule has 5 aliphatic carbocycles. The number of carboxylic acids is 1. The summed E-state index contributed by atoms with van der Waals surface area (Å²) in [6.45, 7) is 13.1. The first-order valence-corrected chi connectivity index (χ1v) is 13.7. The van der Waals surface area contributed by atoms with E-state index < -0.39 is 17.3 Å². The first-order chi connectivity index (χ1) is 16.2. The van der Waals surface area contributed by atoms with E-state index in [1.165, 1.54) is 5.57 Å². The van der Waals surface area contributed by atoms with Crippen molar-refractivity contribution >= 4 is 17.5 Å². The second kappa shape index (κ2) is 7.76. The maximum absolute atomic E-state index is 13.0. The number of carboxylic acid groups (broad SMARTS) is 1. The molecule has 5 rings (SSSR count). The molecule has 0 aromatic heterocycles. The number of fused-ring (bicyclic) bond motifs is 7. The minimum atomic E-state index is -0.745. The molecule has 9 atom stereocenters. The number of hydrogen-bond donors (Lipinski definition) is 1. The third-order valence-corrected chi connectivity index (χ3v) is 12.0. The largest absolute Gasteiger partial charge is 0.481 e. The summed E-state index contributed by atoms with van der Waals surface area (Å²) in [4.78, 5) is 38.4. The maximum Gasteiger partial charge on any atom is 0.306 e. The van der Waals surface area contributed by atoms with Crippen molar-refractivity contribution in [3.05, 3.63) is 11.6 Å². The molecular weight excluding hydrogens is 440 g/mol. The van der Waals surface area contributed by atoms with Crippen LogP contribution in [0.3, 0.4) is 0 Å². The van der Waals surface area contributed by atoms with Crippen LogP contribution in [0.15, 0.2) is 11.6 Å². The Bertz CT molecular complexity index is 991. The highest BCUT2D eigenvalue weighted by atomic mass is 16.5. The van der Waals surface area contributed by atoms with Crippen LogP contribution in [0.25, 0.3) is 0 Å². The molecule has 4 saturated carbocycles. The standard InChI is InChI=1S/C30H44O5/c1-27(2)15-19-16(14-24(27)32)18(26(33)34)12-20-17(19)13-21(35-7)25-29(20,5)10-8-22-28(3,4)23(31)9-11-30(22,25)6/h13,16,18-22,25H,8-12,14-15H2,1-7H3,(H,33,34)/t16-,18+,19-,20+,21-,22-,25+,29+,30+/m1/s1. The van der Waals surface area contributed by atoms with Gasteiger partial charge in [-0.2, -0.15) is 0 Å². The van der Waals surface area contributed by atoms with Crippen molar-refractivity contribution in [3.63, 3.8) is 0 Å². The number of aliphatic carboxylic acids is 1. The normalized spacial score (nSPS) is 48.1. The van der Waals surface area contributed by atoms with Gasteiger partial charge in [0.1, 0.15) is 11.6 Å². The number of carbonyl (C=O) groups excluding carboxylic acids is 2. The zero-order valence-corrected chi connectivity index (χ0v) is 22.6. The fraction of sp³-hybridized carbons (Fsp3) is 0.833. The Balaban J connectivity index is 1.64. The van der Waals surface area contributed by atoms with Crippen molar-refractivity contribution in [1.82, 2.24) is 0 Å². The lowest BCUT2D eigenvalue weighted by Crippen LogP contribution is -2.64. The van der Waals surface area contributed by atoms with E-state index in [-0.39, 0.29) is 51.8 Å². The van der Waals surface area contributed by atoms with Crippen molar-refractivity contribution < 1.29 is 24.2 Å². The maximum atomic E-state index is 13.0. The van der Waals surface area contributed by atoms with Gasteiger partial charge in [0.2, 0.25) is 0 Å². The molecule has 0 amide bonds. The smallest absolute Gasteiger partial charge is 0.306 e. The molecule has 5 nitrogen and oxygen atoms in total. The van der Waals surface area contributed by atoms with E-state index in [9.17, 15) is 19.5 Å². The molecule has 194 valence electrons. The van der Waals surface area contributed by atoms with Gasteiger partial charge in [0.15, 0.2) is 0 Å². The zero-order valence-electron chi connectivity index (χ0n) is 22.6. The third-order valence-electron chi connectivity index (χ3n) is 12.0. The van der Waals surface area contributed by atoms with E-state index >= 15 is 0 Å². The van der Waals surface area contributed by atoms with Crippen LogP contribution in [0.1, 0.15) is 86.5 Å². The third kappa shape index (κ3) is 3.32. The quantitative estimate of drug-likeness (QED) is 0.508. The number of methoxy groups -OCH3 is 1. The summed E-state index contributed by atoms with van der Waals surface area (Å²) in [5, 5.41) is 10.3. The Morgan fingerprint density at radius 2 is 1.71 bits per heavy atom. The van der Waals surface area contributed by atoms with E-state index in [0.29, 0.717) is 31.0 Å². The minimum absolute atomic E-state index is 0.0372. The summed E-state index contributed by atoms with van der Waals surface area (Å²) in [5.74, 6) is 0.0879. The Labute approximate surface area is 210 Å². The highest BCUT2D eigenvalue weighted by Gasteiger charge is 2.67. The fourth-order valence-corrected chi connectivity index (χ4v) is 10.2. The van der Waals surface area contributed by atoms with Crippen LogP contribution in [-0.2, 0) is 19.1 Å². The number of ether oxygens (including phenoxy) is 1. The number of carbonyl (C=O) groups is 3. The van der Waals surface area contributed by atoms with Crippen molar-refractivity contribution in [2.24, 2.45) is 57.2 Å². The lowest BCUT2D eigenvalue weighted by molar-refractivity contribution is -0.193. The van der Waals surface area contributed by atoms with E-state index in [0.717, 1.165) is 25.7 Å². The molecule has 0 heterocycles. The first kappa shape index (κ1) is 25.2. The molecule has 0 radical (unpaired) electrons. The SMILES string of the molecule is CO[C@@H]1C=C2[C@@H]3CC(C)(C)C(=O)C[C@@H]3[C@@H](C(=O)O)C[C@@H]2[C@]2(C)CC[C@@H]3C(C)(C)C(=O)CC[C@]3(C)[C@@H]12. The van der Waals surface area contributed by atoms with Gasteiger partial charge in [-0.1, -0.05) is 53.2 Å². The van der Waals surface area contributed by atoms with Crippen molar-refractivity contribution in [1.29, 1.82) is 0 Å². The molecule has 5 aliphatic rings. The molecule has 1 N–H and O–H groups in total. The molecule has 0 spiro atoms. The number of rotatable bonds is 2. The second-order valence-corrected chi connectivity index (χ2v) is 14.3. The summed E-state index contributed by atoms with van der Waals surface area (Å²) in [7, 11) is 1.81. The summed E-state index contributed by atoms with van der Waals surface area (Å²) >= 11 is 0. The van der Waals surface area contributed by atoms with Crippen LogP contribution in [0.2, 0.25) is 0 Å². The van der Waals surface area contributed by atoms with Crippen LogP contribution < -0.4 is 0 Å². The number of allylic oxidation sites excluding steroid dienone is 1. The van der Waals surface area contributed by atoms with Gasteiger partial charge in [-0.3, -0.25) is 14.4 Å². The predicted octanol–water partition coefficient (Wildman–Crippen LogP) is 5.71. The zero-order chi connectivity index (χ0) is 25.7. The molecule has 4 fully saturated rings. The number of Topliss-reactive ketones (excluding diaryl/α,β-unsaturated/α-hetero) is 2. The van der Waals surface area contributed by atoms with Gasteiger partial charge in [-0.05, 0) is 66.6 Å². The first-order valence-electron chi connectivity index (χ1n) is 13.7. The van der Waals surface area contributed by atoms with Gasteiger partial charge in [0.05, 0.1) is 12.0 Å². The van der Waals surface area contributed by atoms with Crippen LogP contribution in [-0.4, -0.2) is 35.9 Å². The molecule has 35 heavy (non-hydrogen) atoms. The lowest BCUT2D eigenvalue weighted by atomic mass is 9.37. The molecule has 0 aromatic rings. The summed E-state index contributed by atoms with van der Waals surface area (Å²) < 4.78 is 6.27. The Morgan fingerprint density at radius 3 is 2.34 bits per heavy atom. The van der Waals surface area contributed by atoms with Crippen LogP contribution >= 0.6 is 0 Å². The van der Waals surface area contributed by atoms with E-state index in [1.54, 1.807) is 0 Å². The van der Waals surface area contributed by atoms with Crippen LogP contribution in [0, 0.1) is 57.2 Å². The summed E-state index contributed by atoms with van der Waals surface area (Å²) in [5.41, 5.74) is 0.476. The highest BCUT2D eigenvalue weighted by molar-refractivity contribution is 5.86. The van der Waals surface area contributed by atoms with Gasteiger partial charge in [0, 0.05) is 36.7 Å². The second-order valence-electron chi connectivity index (χ2n) is 14.3. The van der Waals surface area contributed by atoms with Crippen molar-refractivity contribution in [2.75, 3.05) is 7.11 Å². The molecular formula is C30H44O5. The molecule has 0 aliphatic heterocycles. The average Bonchev–Trinajstić information content (AvgIpc) is 2.76. The van der Waals surface area contributed by atoms with Gasteiger partial charge in [-0.25, -0.2) is 0 Å². The van der Waals surface area contributed by atoms with Gasteiger partial charge < -0.3 is 9.84 Å². The monoisotopic (exact) mass is 484 g/mol. The van der Waals surface area contributed by atoms with Crippen LogP contribution in [0.5, 0.6) is 0 Å². The van der Waals surface area contributed by atoms with Crippen molar-refractivity contribution in [3.8, 4) is 0 Å². The van der Waals surface area contributed by atoms with Crippen molar-refractivity contribution in [2.45, 2.75) is 92.6 Å².